The van der Waals surface area contributed by atoms with Crippen molar-refractivity contribution < 1.29 is 23.4 Å². The summed E-state index contributed by atoms with van der Waals surface area (Å²) in [5.74, 6) is -0.504. The van der Waals surface area contributed by atoms with Gasteiger partial charge in [0.25, 0.3) is 0 Å². The van der Waals surface area contributed by atoms with Gasteiger partial charge in [0.15, 0.2) is 5.75 Å². The van der Waals surface area contributed by atoms with Crippen LogP contribution in [0.2, 0.25) is 0 Å². The standard InChI is InChI=1S/C25H27NO5S/c27-24(28)12-9-17-13-22(20-11-10-18-5-1-2-6-19(18)15-20)25(31-21-7-3-4-8-21)23(14-17)26-16-32(29)30/h1-2,5-6,10-11,13-15,21,26H,3-4,7-9,12,16H2,(H,27,28)(H,29,30)/p-1. The number of hydrogen-bond acceptors (Lipinski definition) is 5. The van der Waals surface area contributed by atoms with E-state index >= 15 is 0 Å². The Labute approximate surface area is 189 Å². The molecular weight excluding hydrogens is 426 g/mol. The van der Waals surface area contributed by atoms with Crippen molar-refractivity contribution in [3.8, 4) is 16.9 Å². The Morgan fingerprint density at radius 2 is 1.84 bits per heavy atom. The number of rotatable bonds is 9. The fraction of sp³-hybridized carbons (Fsp3) is 0.320. The molecule has 4 rings (SSSR count). The average molecular weight is 453 g/mol. The Morgan fingerprint density at radius 1 is 1.09 bits per heavy atom. The van der Waals surface area contributed by atoms with E-state index in [0.717, 1.165) is 53.1 Å². The van der Waals surface area contributed by atoms with E-state index < -0.39 is 17.0 Å². The second kappa shape index (κ2) is 10.1. The highest BCUT2D eigenvalue weighted by atomic mass is 32.2. The number of aryl methyl sites for hydroxylation is 1. The number of carboxylic acids is 1. The first-order valence-corrected chi connectivity index (χ1v) is 12.1. The fourth-order valence-electron chi connectivity index (χ4n) is 4.22. The molecule has 168 valence electrons. The molecule has 1 atom stereocenters. The molecule has 0 aliphatic heterocycles. The monoisotopic (exact) mass is 452 g/mol. The predicted octanol–water partition coefficient (Wildman–Crippen LogP) is 5.09. The van der Waals surface area contributed by atoms with Crippen molar-refractivity contribution in [1.82, 2.24) is 0 Å². The van der Waals surface area contributed by atoms with Crippen LogP contribution < -0.4 is 10.1 Å². The zero-order valence-corrected chi connectivity index (χ0v) is 18.5. The summed E-state index contributed by atoms with van der Waals surface area (Å²) in [7, 11) is 0. The van der Waals surface area contributed by atoms with Crippen LogP contribution in [0.5, 0.6) is 5.75 Å². The summed E-state index contributed by atoms with van der Waals surface area (Å²) in [6.45, 7) is 0. The van der Waals surface area contributed by atoms with E-state index in [4.69, 9.17) is 9.84 Å². The second-order valence-electron chi connectivity index (χ2n) is 8.12. The summed E-state index contributed by atoms with van der Waals surface area (Å²) >= 11 is -2.28. The van der Waals surface area contributed by atoms with Crippen LogP contribution in [0.3, 0.4) is 0 Å². The van der Waals surface area contributed by atoms with Gasteiger partial charge in [0.05, 0.1) is 17.7 Å². The van der Waals surface area contributed by atoms with E-state index in [-0.39, 0.29) is 18.4 Å². The molecule has 0 saturated heterocycles. The highest BCUT2D eigenvalue weighted by Gasteiger charge is 2.22. The molecule has 0 amide bonds. The number of benzene rings is 3. The number of nitrogens with one attached hydrogen (secondary N) is 1. The summed E-state index contributed by atoms with van der Waals surface area (Å²) in [4.78, 5) is 11.1. The fourth-order valence-corrected chi connectivity index (χ4v) is 4.50. The summed E-state index contributed by atoms with van der Waals surface area (Å²) in [6.07, 6.45) is 4.56. The van der Waals surface area contributed by atoms with Crippen molar-refractivity contribution in [2.45, 2.75) is 44.6 Å². The molecule has 1 unspecified atom stereocenters. The first-order chi connectivity index (χ1) is 15.5. The molecule has 6 nitrogen and oxygen atoms in total. The maximum Gasteiger partial charge on any atom is 0.303 e. The van der Waals surface area contributed by atoms with Crippen LogP contribution in [0.25, 0.3) is 21.9 Å². The average Bonchev–Trinajstić information content (AvgIpc) is 3.30. The topological polar surface area (TPSA) is 98.7 Å². The van der Waals surface area contributed by atoms with E-state index in [1.165, 1.54) is 0 Å². The molecule has 0 spiro atoms. The van der Waals surface area contributed by atoms with Gasteiger partial charge in [-0.15, -0.1) is 0 Å². The summed E-state index contributed by atoms with van der Waals surface area (Å²) in [5.41, 5.74) is 3.17. The lowest BCUT2D eigenvalue weighted by atomic mass is 9.96. The lowest BCUT2D eigenvalue weighted by molar-refractivity contribution is -0.136. The summed E-state index contributed by atoms with van der Waals surface area (Å²) in [5, 5.41) is 14.3. The number of aliphatic carboxylic acids is 1. The van der Waals surface area contributed by atoms with Crippen LogP contribution in [0, 0.1) is 0 Å². The smallest absolute Gasteiger partial charge is 0.303 e. The Hall–Kier alpha value is -2.90. The summed E-state index contributed by atoms with van der Waals surface area (Å²) in [6, 6.07) is 18.0. The van der Waals surface area contributed by atoms with Crippen molar-refractivity contribution in [3.05, 3.63) is 60.2 Å². The van der Waals surface area contributed by atoms with Gasteiger partial charge < -0.3 is 19.7 Å². The van der Waals surface area contributed by atoms with Gasteiger partial charge in [-0.25, -0.2) is 0 Å². The summed E-state index contributed by atoms with van der Waals surface area (Å²) < 4.78 is 28.9. The van der Waals surface area contributed by atoms with E-state index in [0.29, 0.717) is 17.9 Å². The van der Waals surface area contributed by atoms with Gasteiger partial charge in [-0.1, -0.05) is 36.4 Å². The van der Waals surface area contributed by atoms with E-state index in [1.54, 1.807) is 0 Å². The normalized spacial score (nSPS) is 15.0. The van der Waals surface area contributed by atoms with Gasteiger partial charge in [0.2, 0.25) is 0 Å². The zero-order valence-electron chi connectivity index (χ0n) is 17.7. The van der Waals surface area contributed by atoms with Gasteiger partial charge in [-0.3, -0.25) is 9.00 Å². The molecule has 32 heavy (non-hydrogen) atoms. The highest BCUT2D eigenvalue weighted by Crippen LogP contribution is 2.41. The molecule has 0 radical (unpaired) electrons. The number of anilines is 1. The number of carbonyl (C=O) groups is 1. The maximum atomic E-state index is 11.2. The molecule has 0 heterocycles. The minimum Gasteiger partial charge on any atom is -0.771 e. The van der Waals surface area contributed by atoms with Crippen molar-refractivity contribution in [2.75, 3.05) is 11.2 Å². The Balaban J connectivity index is 1.83. The number of fused-ring (bicyclic) bond motifs is 1. The second-order valence-corrected chi connectivity index (χ2v) is 9.02. The third-order valence-corrected chi connectivity index (χ3v) is 6.18. The molecule has 3 aromatic carbocycles. The van der Waals surface area contributed by atoms with Crippen LogP contribution in [0.15, 0.2) is 54.6 Å². The zero-order chi connectivity index (χ0) is 22.5. The highest BCUT2D eigenvalue weighted by molar-refractivity contribution is 7.79. The molecule has 0 bridgehead atoms. The maximum absolute atomic E-state index is 11.2. The molecule has 1 saturated carbocycles. The van der Waals surface area contributed by atoms with Gasteiger partial charge >= 0.3 is 5.97 Å². The van der Waals surface area contributed by atoms with Crippen LogP contribution in [-0.4, -0.2) is 31.8 Å². The Kier molecular flexibility index (Phi) is 7.07. The quantitative estimate of drug-likeness (QED) is 0.439. The third kappa shape index (κ3) is 5.47. The van der Waals surface area contributed by atoms with Crippen molar-refractivity contribution in [1.29, 1.82) is 0 Å². The van der Waals surface area contributed by atoms with Gasteiger partial charge in [-0.05, 0) is 83.3 Å². The van der Waals surface area contributed by atoms with Crippen molar-refractivity contribution in [2.24, 2.45) is 0 Å². The van der Waals surface area contributed by atoms with Crippen LogP contribution in [0.4, 0.5) is 5.69 Å². The minimum absolute atomic E-state index is 0.00703. The van der Waals surface area contributed by atoms with Crippen LogP contribution >= 0.6 is 0 Å². The lowest BCUT2D eigenvalue weighted by Gasteiger charge is -2.23. The Bertz CT molecular complexity index is 1140. The van der Waals surface area contributed by atoms with Crippen LogP contribution in [0.1, 0.15) is 37.7 Å². The molecule has 7 heteroatoms. The predicted molar refractivity (Wildman–Crippen MR) is 126 cm³/mol. The van der Waals surface area contributed by atoms with E-state index in [9.17, 15) is 13.6 Å². The molecule has 3 aromatic rings. The number of ether oxygens (including phenoxy) is 1. The first-order valence-electron chi connectivity index (χ1n) is 10.8. The molecule has 1 aliphatic rings. The minimum atomic E-state index is -2.28. The van der Waals surface area contributed by atoms with Crippen LogP contribution in [-0.2, 0) is 22.3 Å². The van der Waals surface area contributed by atoms with Gasteiger partial charge in [0.1, 0.15) is 0 Å². The lowest BCUT2D eigenvalue weighted by Crippen LogP contribution is -2.15. The SMILES string of the molecule is O=C(O)CCc1cc(NCS(=O)[O-])c(OC2CCCC2)c(-c2ccc3ccccc3c2)c1. The van der Waals surface area contributed by atoms with E-state index in [1.807, 2.05) is 42.5 Å². The molecule has 2 N–H and O–H groups in total. The molecule has 1 aliphatic carbocycles. The number of carboxylic acid groups (broad SMARTS) is 1. The van der Waals surface area contributed by atoms with Crippen molar-refractivity contribution >= 4 is 33.5 Å². The largest absolute Gasteiger partial charge is 0.771 e. The Morgan fingerprint density at radius 3 is 2.56 bits per heavy atom. The number of hydrogen-bond donors (Lipinski definition) is 2. The third-order valence-electron chi connectivity index (χ3n) is 5.80. The van der Waals surface area contributed by atoms with E-state index in [2.05, 4.69) is 17.4 Å². The molecule has 1 fully saturated rings. The van der Waals surface area contributed by atoms with Gasteiger partial charge in [-0.2, -0.15) is 0 Å². The first kappa shape index (κ1) is 22.3. The van der Waals surface area contributed by atoms with Gasteiger partial charge in [0, 0.05) is 12.0 Å². The van der Waals surface area contributed by atoms with Crippen molar-refractivity contribution in [3.63, 3.8) is 0 Å². The molecular formula is C25H26NO5S-. The molecule has 0 aromatic heterocycles.